The van der Waals surface area contributed by atoms with E-state index in [1.807, 2.05) is 31.2 Å². The minimum Gasteiger partial charge on any atom is -0.307 e. The highest BCUT2D eigenvalue weighted by molar-refractivity contribution is 6.30. The van der Waals surface area contributed by atoms with Crippen molar-refractivity contribution in [3.63, 3.8) is 0 Å². The van der Waals surface area contributed by atoms with E-state index in [-0.39, 0.29) is 0 Å². The Balaban J connectivity index is 1.84. The highest BCUT2D eigenvalue weighted by Gasteiger charge is 2.03. The summed E-state index contributed by atoms with van der Waals surface area (Å²) in [6.07, 6.45) is 0. The third-order valence-corrected chi connectivity index (χ3v) is 2.53. The van der Waals surface area contributed by atoms with Gasteiger partial charge in [0.05, 0.1) is 0 Å². The number of nitrogens with one attached hydrogen (secondary N) is 1. The molecule has 1 aromatic heterocycles. The van der Waals surface area contributed by atoms with E-state index in [1.165, 1.54) is 5.56 Å². The van der Waals surface area contributed by atoms with Gasteiger partial charge in [-0.05, 0) is 24.6 Å². The Morgan fingerprint density at radius 1 is 1.19 bits per heavy atom. The number of hydrogen-bond acceptors (Lipinski definition) is 4. The van der Waals surface area contributed by atoms with Gasteiger partial charge in [0.15, 0.2) is 0 Å². The lowest BCUT2D eigenvalue weighted by Crippen LogP contribution is -2.13. The largest absolute Gasteiger partial charge is 0.307 e. The summed E-state index contributed by atoms with van der Waals surface area (Å²) in [6, 6.07) is 7.73. The van der Waals surface area contributed by atoms with Crippen molar-refractivity contribution in [1.82, 2.24) is 15.6 Å². The summed E-state index contributed by atoms with van der Waals surface area (Å²) < 4.78 is 4.61. The van der Waals surface area contributed by atoms with Crippen molar-refractivity contribution in [2.75, 3.05) is 0 Å². The van der Waals surface area contributed by atoms with Crippen molar-refractivity contribution in [3.8, 4) is 0 Å². The number of nitrogens with zero attached hydrogens (tertiary/aromatic N) is 2. The zero-order valence-electron chi connectivity index (χ0n) is 8.90. The summed E-state index contributed by atoms with van der Waals surface area (Å²) in [5.41, 5.74) is 2.84. The van der Waals surface area contributed by atoms with Crippen LogP contribution in [0.5, 0.6) is 0 Å². The maximum absolute atomic E-state index is 5.80. The van der Waals surface area contributed by atoms with Gasteiger partial charge in [-0.3, -0.25) is 0 Å². The first-order valence-corrected chi connectivity index (χ1v) is 5.36. The molecule has 1 N–H and O–H groups in total. The molecular weight excluding hydrogens is 226 g/mol. The minimum atomic E-state index is 0.651. The molecule has 2 aromatic rings. The summed E-state index contributed by atoms with van der Waals surface area (Å²) in [5.74, 6) is 0. The summed E-state index contributed by atoms with van der Waals surface area (Å²) in [5, 5.41) is 11.5. The Labute approximate surface area is 98.6 Å². The Morgan fingerprint density at radius 3 is 2.56 bits per heavy atom. The van der Waals surface area contributed by atoms with Crippen molar-refractivity contribution in [2.45, 2.75) is 20.0 Å². The van der Waals surface area contributed by atoms with Gasteiger partial charge >= 0.3 is 0 Å². The second kappa shape index (κ2) is 5.09. The van der Waals surface area contributed by atoms with Gasteiger partial charge in [0.25, 0.3) is 0 Å². The van der Waals surface area contributed by atoms with E-state index in [4.69, 9.17) is 11.6 Å². The van der Waals surface area contributed by atoms with Crippen LogP contribution in [0.25, 0.3) is 0 Å². The van der Waals surface area contributed by atoms with Crippen molar-refractivity contribution >= 4 is 11.6 Å². The van der Waals surface area contributed by atoms with Gasteiger partial charge in [-0.1, -0.05) is 34.0 Å². The molecule has 0 unspecified atom stereocenters. The number of halogens is 1. The van der Waals surface area contributed by atoms with Crippen molar-refractivity contribution in [3.05, 3.63) is 46.2 Å². The van der Waals surface area contributed by atoms with Gasteiger partial charge in [-0.15, -0.1) is 0 Å². The van der Waals surface area contributed by atoms with Gasteiger partial charge in [-0.25, -0.2) is 4.63 Å². The lowest BCUT2D eigenvalue weighted by molar-refractivity contribution is 0.300. The van der Waals surface area contributed by atoms with E-state index in [0.717, 1.165) is 23.0 Å². The molecule has 0 saturated heterocycles. The molecule has 0 saturated carbocycles. The SMILES string of the molecule is Cc1nonc1CNCc1ccc(Cl)cc1. The molecule has 0 atom stereocenters. The molecule has 1 heterocycles. The van der Waals surface area contributed by atoms with E-state index in [0.29, 0.717) is 6.54 Å². The van der Waals surface area contributed by atoms with Crippen LogP contribution in [0.4, 0.5) is 0 Å². The molecular formula is C11H12ClN3O. The Bertz CT molecular complexity index is 453. The van der Waals surface area contributed by atoms with Crippen LogP contribution in [0, 0.1) is 6.92 Å². The van der Waals surface area contributed by atoms with Gasteiger partial charge < -0.3 is 5.32 Å². The average Bonchev–Trinajstić information content (AvgIpc) is 2.68. The van der Waals surface area contributed by atoms with Gasteiger partial charge in [0, 0.05) is 18.1 Å². The fraction of sp³-hybridized carbons (Fsp3) is 0.273. The highest BCUT2D eigenvalue weighted by atomic mass is 35.5. The smallest absolute Gasteiger partial charge is 0.121 e. The fourth-order valence-corrected chi connectivity index (χ4v) is 1.46. The molecule has 0 aliphatic carbocycles. The molecule has 0 fully saturated rings. The normalized spacial score (nSPS) is 10.6. The minimum absolute atomic E-state index is 0.651. The molecule has 0 aliphatic heterocycles. The van der Waals surface area contributed by atoms with Gasteiger partial charge in [0.1, 0.15) is 11.4 Å². The van der Waals surface area contributed by atoms with Crippen LogP contribution < -0.4 is 5.32 Å². The average molecular weight is 238 g/mol. The van der Waals surface area contributed by atoms with E-state index in [1.54, 1.807) is 0 Å². The predicted molar refractivity (Wildman–Crippen MR) is 61.0 cm³/mol. The van der Waals surface area contributed by atoms with E-state index in [2.05, 4.69) is 20.3 Å². The summed E-state index contributed by atoms with van der Waals surface area (Å²) >= 11 is 5.80. The number of aryl methyl sites for hydroxylation is 1. The molecule has 4 nitrogen and oxygen atoms in total. The molecule has 16 heavy (non-hydrogen) atoms. The lowest BCUT2D eigenvalue weighted by Gasteiger charge is -2.02. The predicted octanol–water partition coefficient (Wildman–Crippen LogP) is 2.32. The van der Waals surface area contributed by atoms with Crippen LogP contribution in [0.15, 0.2) is 28.9 Å². The Kier molecular flexibility index (Phi) is 3.54. The van der Waals surface area contributed by atoms with Crippen LogP contribution in [-0.4, -0.2) is 10.3 Å². The first-order valence-electron chi connectivity index (χ1n) is 4.99. The summed E-state index contributed by atoms with van der Waals surface area (Å²) in [7, 11) is 0. The molecule has 0 aliphatic rings. The fourth-order valence-electron chi connectivity index (χ4n) is 1.34. The molecule has 0 amide bonds. The summed E-state index contributed by atoms with van der Waals surface area (Å²) in [4.78, 5) is 0. The van der Waals surface area contributed by atoms with Gasteiger partial charge in [-0.2, -0.15) is 0 Å². The van der Waals surface area contributed by atoms with E-state index < -0.39 is 0 Å². The van der Waals surface area contributed by atoms with Crippen LogP contribution in [0.1, 0.15) is 17.0 Å². The molecule has 1 aromatic carbocycles. The first-order chi connectivity index (χ1) is 7.75. The standard InChI is InChI=1S/C11H12ClN3O/c1-8-11(15-16-14-8)7-13-6-9-2-4-10(12)5-3-9/h2-5,13H,6-7H2,1H3. The van der Waals surface area contributed by atoms with E-state index in [9.17, 15) is 0 Å². The Hall–Kier alpha value is -1.39. The molecule has 84 valence electrons. The zero-order valence-corrected chi connectivity index (χ0v) is 9.66. The van der Waals surface area contributed by atoms with Crippen LogP contribution in [-0.2, 0) is 13.1 Å². The number of benzene rings is 1. The van der Waals surface area contributed by atoms with Crippen LogP contribution in [0.3, 0.4) is 0 Å². The molecule has 0 bridgehead atoms. The lowest BCUT2D eigenvalue weighted by atomic mass is 10.2. The van der Waals surface area contributed by atoms with Crippen LogP contribution >= 0.6 is 11.6 Å². The topological polar surface area (TPSA) is 51.0 Å². The quantitative estimate of drug-likeness (QED) is 0.887. The molecule has 0 radical (unpaired) electrons. The second-order valence-electron chi connectivity index (χ2n) is 3.53. The zero-order chi connectivity index (χ0) is 11.4. The molecule has 2 rings (SSSR count). The van der Waals surface area contributed by atoms with E-state index >= 15 is 0 Å². The summed E-state index contributed by atoms with van der Waals surface area (Å²) in [6.45, 7) is 3.29. The number of rotatable bonds is 4. The molecule has 5 heteroatoms. The van der Waals surface area contributed by atoms with Crippen LogP contribution in [0.2, 0.25) is 5.02 Å². The highest BCUT2D eigenvalue weighted by Crippen LogP contribution is 2.09. The van der Waals surface area contributed by atoms with Crippen molar-refractivity contribution in [1.29, 1.82) is 0 Å². The van der Waals surface area contributed by atoms with Crippen molar-refractivity contribution < 1.29 is 4.63 Å². The maximum Gasteiger partial charge on any atom is 0.121 e. The Morgan fingerprint density at radius 2 is 1.94 bits per heavy atom. The molecule has 0 spiro atoms. The number of hydrogen-bond donors (Lipinski definition) is 1. The van der Waals surface area contributed by atoms with Gasteiger partial charge in [0.2, 0.25) is 0 Å². The number of aromatic nitrogens is 2. The van der Waals surface area contributed by atoms with Crippen molar-refractivity contribution in [2.24, 2.45) is 0 Å². The second-order valence-corrected chi connectivity index (χ2v) is 3.96. The monoisotopic (exact) mass is 237 g/mol. The third kappa shape index (κ3) is 2.81. The first kappa shape index (κ1) is 11.1. The third-order valence-electron chi connectivity index (χ3n) is 2.28. The maximum atomic E-state index is 5.80.